The van der Waals surface area contributed by atoms with Gasteiger partial charge in [0.15, 0.2) is 0 Å². The normalized spacial score (nSPS) is 19.3. The average Bonchev–Trinajstić information content (AvgIpc) is 3.19. The summed E-state index contributed by atoms with van der Waals surface area (Å²) in [7, 11) is 0. The summed E-state index contributed by atoms with van der Waals surface area (Å²) >= 11 is 4.04. The van der Waals surface area contributed by atoms with Crippen LogP contribution in [-0.4, -0.2) is 76.7 Å². The monoisotopic (exact) mass is 445 g/mol. The number of carbonyl (C=O) groups excluding carboxylic acids is 3. The first kappa shape index (κ1) is 26.2. The lowest BCUT2D eigenvalue weighted by molar-refractivity contribution is -0.143. The Morgan fingerprint density at radius 2 is 1.87 bits per heavy atom. The molecule has 0 radical (unpaired) electrons. The highest BCUT2D eigenvalue weighted by molar-refractivity contribution is 7.80. The van der Waals surface area contributed by atoms with E-state index in [2.05, 4.69) is 23.3 Å². The Kier molecular flexibility index (Phi) is 11.1. The smallest absolute Gasteiger partial charge is 0.326 e. The van der Waals surface area contributed by atoms with Crippen LogP contribution in [0, 0.1) is 5.92 Å². The van der Waals surface area contributed by atoms with Crippen LogP contribution in [0.2, 0.25) is 0 Å². The number of unbranched alkanes of at least 4 members (excludes halogenated alkanes) is 1. The van der Waals surface area contributed by atoms with E-state index in [4.69, 9.17) is 11.5 Å². The number of hydrogen-bond donors (Lipinski definition) is 6. The third kappa shape index (κ3) is 7.44. The second-order valence-corrected chi connectivity index (χ2v) is 8.26. The third-order valence-corrected chi connectivity index (χ3v) is 5.55. The Balaban J connectivity index is 2.82. The molecule has 0 aromatic heterocycles. The topological polar surface area (TPSA) is 168 Å². The van der Waals surface area contributed by atoms with Crippen LogP contribution in [0.4, 0.5) is 0 Å². The van der Waals surface area contributed by atoms with Crippen molar-refractivity contribution in [1.82, 2.24) is 15.5 Å². The molecule has 7 N–H and O–H groups in total. The summed E-state index contributed by atoms with van der Waals surface area (Å²) in [5.74, 6) is -2.61. The lowest BCUT2D eigenvalue weighted by Crippen LogP contribution is -2.58. The maximum atomic E-state index is 12.8. The van der Waals surface area contributed by atoms with Crippen molar-refractivity contribution in [3.05, 3.63) is 0 Å². The van der Waals surface area contributed by atoms with E-state index in [-0.39, 0.29) is 24.0 Å². The molecule has 0 spiro atoms. The largest absolute Gasteiger partial charge is 0.480 e. The summed E-state index contributed by atoms with van der Waals surface area (Å²) in [6.07, 6.45) is 2.61. The first-order chi connectivity index (χ1) is 14.1. The molecule has 3 amide bonds. The number of amides is 3. The molecule has 4 atom stereocenters. The van der Waals surface area contributed by atoms with Crippen molar-refractivity contribution in [2.45, 2.75) is 70.1 Å². The van der Waals surface area contributed by atoms with Gasteiger partial charge in [0, 0.05) is 12.3 Å². The Bertz CT molecular complexity index is 618. The van der Waals surface area contributed by atoms with Gasteiger partial charge >= 0.3 is 5.97 Å². The summed E-state index contributed by atoms with van der Waals surface area (Å²) in [5, 5.41) is 14.6. The van der Waals surface area contributed by atoms with Gasteiger partial charge < -0.3 is 32.1 Å². The quantitative estimate of drug-likeness (QED) is 0.167. The van der Waals surface area contributed by atoms with Gasteiger partial charge in [0.25, 0.3) is 0 Å². The number of rotatable bonds is 12. The highest BCUT2D eigenvalue weighted by atomic mass is 32.1. The molecular formula is C19H35N5O5S. The predicted molar refractivity (Wildman–Crippen MR) is 116 cm³/mol. The highest BCUT2D eigenvalue weighted by Crippen LogP contribution is 2.19. The Labute approximate surface area is 182 Å². The van der Waals surface area contributed by atoms with Crippen LogP contribution in [-0.2, 0) is 19.2 Å². The van der Waals surface area contributed by atoms with E-state index in [1.807, 2.05) is 0 Å². The minimum atomic E-state index is -1.14. The third-order valence-electron chi connectivity index (χ3n) is 5.16. The van der Waals surface area contributed by atoms with E-state index in [0.717, 1.165) is 0 Å². The molecule has 172 valence electrons. The molecule has 0 aliphatic carbocycles. The molecule has 1 aliphatic heterocycles. The molecule has 1 aliphatic rings. The van der Waals surface area contributed by atoms with E-state index in [1.54, 1.807) is 13.8 Å². The Morgan fingerprint density at radius 3 is 2.40 bits per heavy atom. The number of nitrogens with zero attached hydrogens (tertiary/aromatic N) is 1. The molecule has 30 heavy (non-hydrogen) atoms. The fourth-order valence-corrected chi connectivity index (χ4v) is 3.55. The summed E-state index contributed by atoms with van der Waals surface area (Å²) < 4.78 is 0. The number of nitrogens with one attached hydrogen (secondary N) is 2. The predicted octanol–water partition coefficient (Wildman–Crippen LogP) is -0.926. The fourth-order valence-electron chi connectivity index (χ4n) is 3.39. The standard InChI is InChI=1S/C19H35N5O5S/c1-11(2)15(17(26)22-13(19(28)29)6-3-4-8-20)23-16(25)14-7-5-9-24(14)18(27)12(21)10-30/h11-15,30H,3-10,20-21H2,1-2H3,(H,22,26)(H,23,25)(H,28,29). The molecule has 1 rings (SSSR count). The second-order valence-electron chi connectivity index (χ2n) is 7.89. The molecule has 11 heteroatoms. The van der Waals surface area contributed by atoms with Crippen molar-refractivity contribution in [2.75, 3.05) is 18.8 Å². The van der Waals surface area contributed by atoms with Crippen LogP contribution in [0.25, 0.3) is 0 Å². The van der Waals surface area contributed by atoms with Gasteiger partial charge in [-0.25, -0.2) is 4.79 Å². The summed E-state index contributed by atoms with van der Waals surface area (Å²) in [5.41, 5.74) is 11.2. The van der Waals surface area contributed by atoms with Gasteiger partial charge in [-0.3, -0.25) is 14.4 Å². The molecule has 0 aromatic rings. The van der Waals surface area contributed by atoms with Gasteiger partial charge in [0.1, 0.15) is 18.1 Å². The van der Waals surface area contributed by atoms with E-state index in [0.29, 0.717) is 38.8 Å². The number of carboxylic acids is 1. The van der Waals surface area contributed by atoms with E-state index >= 15 is 0 Å². The highest BCUT2D eigenvalue weighted by Gasteiger charge is 2.38. The average molecular weight is 446 g/mol. The number of thiol groups is 1. The van der Waals surface area contributed by atoms with Crippen molar-refractivity contribution < 1.29 is 24.3 Å². The molecule has 10 nitrogen and oxygen atoms in total. The number of hydrogen-bond acceptors (Lipinski definition) is 7. The fraction of sp³-hybridized carbons (Fsp3) is 0.789. The number of carboxylic acid groups (broad SMARTS) is 1. The minimum Gasteiger partial charge on any atom is -0.480 e. The van der Waals surface area contributed by atoms with Crippen LogP contribution in [0.15, 0.2) is 0 Å². The van der Waals surface area contributed by atoms with Gasteiger partial charge in [0.05, 0.1) is 6.04 Å². The van der Waals surface area contributed by atoms with Crippen LogP contribution in [0.3, 0.4) is 0 Å². The number of aliphatic carboxylic acids is 1. The van der Waals surface area contributed by atoms with Crippen molar-refractivity contribution in [3.8, 4) is 0 Å². The second kappa shape index (κ2) is 12.8. The van der Waals surface area contributed by atoms with Gasteiger partial charge in [-0.15, -0.1) is 0 Å². The van der Waals surface area contributed by atoms with Gasteiger partial charge in [-0.05, 0) is 44.6 Å². The van der Waals surface area contributed by atoms with E-state index < -0.39 is 42.0 Å². The summed E-state index contributed by atoms with van der Waals surface area (Å²) in [6, 6.07) is -3.49. The molecule has 4 unspecified atom stereocenters. The van der Waals surface area contributed by atoms with E-state index in [1.165, 1.54) is 4.90 Å². The molecule has 1 saturated heterocycles. The zero-order valence-corrected chi connectivity index (χ0v) is 18.6. The molecule has 0 saturated carbocycles. The molecular weight excluding hydrogens is 410 g/mol. The molecule has 0 aromatic carbocycles. The number of nitrogens with two attached hydrogens (primary N) is 2. The number of likely N-dealkylation sites (tertiary alicyclic amines) is 1. The maximum absolute atomic E-state index is 12.8. The number of carbonyl (C=O) groups is 4. The van der Waals surface area contributed by atoms with Crippen molar-refractivity contribution in [3.63, 3.8) is 0 Å². The van der Waals surface area contributed by atoms with Crippen molar-refractivity contribution in [2.24, 2.45) is 17.4 Å². The Morgan fingerprint density at radius 1 is 1.20 bits per heavy atom. The Hall–Kier alpha value is -1.85. The zero-order chi connectivity index (χ0) is 22.8. The van der Waals surface area contributed by atoms with Crippen LogP contribution >= 0.6 is 12.6 Å². The summed E-state index contributed by atoms with van der Waals surface area (Å²) in [4.78, 5) is 50.9. The lowest BCUT2D eigenvalue weighted by atomic mass is 10.0. The van der Waals surface area contributed by atoms with Gasteiger partial charge in [-0.1, -0.05) is 13.8 Å². The van der Waals surface area contributed by atoms with Gasteiger partial charge in [0.2, 0.25) is 17.7 Å². The van der Waals surface area contributed by atoms with Gasteiger partial charge in [-0.2, -0.15) is 12.6 Å². The first-order valence-electron chi connectivity index (χ1n) is 10.3. The van der Waals surface area contributed by atoms with Crippen molar-refractivity contribution in [1.29, 1.82) is 0 Å². The van der Waals surface area contributed by atoms with Crippen LogP contribution in [0.1, 0.15) is 46.0 Å². The molecule has 1 heterocycles. The minimum absolute atomic E-state index is 0.168. The molecule has 0 bridgehead atoms. The SMILES string of the molecule is CC(C)C(NC(=O)C1CCCN1C(=O)C(N)CS)C(=O)NC(CCCCN)C(=O)O. The molecule has 1 fully saturated rings. The maximum Gasteiger partial charge on any atom is 0.326 e. The van der Waals surface area contributed by atoms with Crippen LogP contribution in [0.5, 0.6) is 0 Å². The van der Waals surface area contributed by atoms with E-state index in [9.17, 15) is 24.3 Å². The first-order valence-corrected chi connectivity index (χ1v) is 11.0. The zero-order valence-electron chi connectivity index (χ0n) is 17.7. The van der Waals surface area contributed by atoms with Crippen LogP contribution < -0.4 is 22.1 Å². The van der Waals surface area contributed by atoms with Crippen molar-refractivity contribution >= 4 is 36.3 Å². The lowest BCUT2D eigenvalue weighted by Gasteiger charge is -2.29. The summed E-state index contributed by atoms with van der Waals surface area (Å²) in [6.45, 7) is 4.36.